The lowest BCUT2D eigenvalue weighted by atomic mass is 9.85. The molecule has 0 spiro atoms. The maximum absolute atomic E-state index is 13.5. The Bertz CT molecular complexity index is 1590. The zero-order valence-electron chi connectivity index (χ0n) is 26.2. The summed E-state index contributed by atoms with van der Waals surface area (Å²) in [6.07, 6.45) is 5.43. The maximum Gasteiger partial charge on any atom is 0.320 e. The molecule has 2 atom stereocenters. The van der Waals surface area contributed by atoms with Gasteiger partial charge in [0.05, 0.1) is 24.0 Å². The second kappa shape index (κ2) is 11.6. The van der Waals surface area contributed by atoms with Gasteiger partial charge in [0, 0.05) is 17.4 Å². The molecule has 0 radical (unpaired) electrons. The van der Waals surface area contributed by atoms with Crippen molar-refractivity contribution in [3.8, 4) is 5.75 Å². The number of pyridine rings is 1. The minimum atomic E-state index is -0.215. The first kappa shape index (κ1) is 29.2. The van der Waals surface area contributed by atoms with E-state index in [2.05, 4.69) is 79.5 Å². The number of carbonyl (C=O) groups excluding carboxylic acids is 1. The molecule has 1 aliphatic carbocycles. The molecule has 2 N–H and O–H groups in total. The molecule has 1 fully saturated rings. The molecule has 0 bridgehead atoms. The van der Waals surface area contributed by atoms with Crippen molar-refractivity contribution in [2.45, 2.75) is 89.8 Å². The Hall–Kier alpha value is -3.92. The lowest BCUT2D eigenvalue weighted by Crippen LogP contribution is -2.37. The lowest BCUT2D eigenvalue weighted by molar-refractivity contribution is 0.171. The molecule has 10 heteroatoms. The number of hydrogen-bond donors (Lipinski definition) is 2. The summed E-state index contributed by atoms with van der Waals surface area (Å²) < 4.78 is 10.6. The molecule has 1 saturated heterocycles. The van der Waals surface area contributed by atoms with Crippen molar-refractivity contribution < 1.29 is 9.53 Å². The quantitative estimate of drug-likeness (QED) is 0.272. The van der Waals surface area contributed by atoms with E-state index in [1.807, 2.05) is 45.6 Å². The van der Waals surface area contributed by atoms with Crippen LogP contribution in [0.3, 0.4) is 0 Å². The minimum Gasteiger partial charge on any atom is -0.484 e. The van der Waals surface area contributed by atoms with Crippen LogP contribution >= 0.6 is 0 Å². The smallest absolute Gasteiger partial charge is 0.320 e. The summed E-state index contributed by atoms with van der Waals surface area (Å²) in [5.74, 6) is 2.69. The first-order valence-electron chi connectivity index (χ1n) is 15.5. The fourth-order valence-corrected chi connectivity index (χ4v) is 6.22. The van der Waals surface area contributed by atoms with Gasteiger partial charge in [0.1, 0.15) is 23.5 Å². The molecule has 2 aliphatic rings. The average Bonchev–Trinajstić information content (AvgIpc) is 3.59. The van der Waals surface area contributed by atoms with Crippen LogP contribution in [0.4, 0.5) is 10.6 Å². The molecule has 0 saturated carbocycles. The molecule has 228 valence electrons. The Labute approximate surface area is 253 Å². The highest BCUT2D eigenvalue weighted by atomic mass is 16.5. The summed E-state index contributed by atoms with van der Waals surface area (Å²) in [6.45, 7) is 12.7. The van der Waals surface area contributed by atoms with Crippen molar-refractivity contribution in [2.24, 2.45) is 0 Å². The molecular weight excluding hydrogens is 540 g/mol. The monoisotopic (exact) mass is 584 g/mol. The topological polar surface area (TPSA) is 102 Å². The van der Waals surface area contributed by atoms with E-state index in [1.165, 1.54) is 0 Å². The predicted molar refractivity (Wildman–Crippen MR) is 168 cm³/mol. The van der Waals surface area contributed by atoms with Crippen LogP contribution < -0.4 is 15.4 Å². The van der Waals surface area contributed by atoms with Gasteiger partial charge in [-0.25, -0.2) is 9.48 Å². The van der Waals surface area contributed by atoms with E-state index in [4.69, 9.17) is 9.84 Å². The van der Waals surface area contributed by atoms with E-state index in [-0.39, 0.29) is 35.6 Å². The largest absolute Gasteiger partial charge is 0.484 e. The van der Waals surface area contributed by atoms with Crippen molar-refractivity contribution in [3.05, 3.63) is 71.3 Å². The van der Waals surface area contributed by atoms with Crippen LogP contribution in [-0.2, 0) is 5.41 Å². The van der Waals surface area contributed by atoms with Crippen LogP contribution in [-0.4, -0.2) is 55.4 Å². The Morgan fingerprint density at radius 3 is 2.47 bits per heavy atom. The number of nitrogens with zero attached hydrogens (tertiary/aromatic N) is 6. The van der Waals surface area contributed by atoms with Crippen LogP contribution in [0.2, 0.25) is 0 Å². The number of hydrogen-bond acceptors (Lipinski definition) is 6. The van der Waals surface area contributed by atoms with Gasteiger partial charge in [-0.3, -0.25) is 9.72 Å². The highest BCUT2D eigenvalue weighted by molar-refractivity contribution is 5.88. The highest BCUT2D eigenvalue weighted by Crippen LogP contribution is 2.39. The maximum atomic E-state index is 13.5. The third kappa shape index (κ3) is 6.11. The SMILES string of the molecule is CC(C)c1nnc2ccc(O[C@@H]3CC[C@H](NC(=O)Nc4cc(C(C)(C)C)nn4C4CCN(C)CC4)c4ccccc43)cn12. The number of aromatic nitrogens is 5. The van der Waals surface area contributed by atoms with E-state index in [1.54, 1.807) is 0 Å². The standard InChI is InChI=1S/C33H44N8O2/c1-21(2)31-37-36-29-14-11-23(20-40(29)31)43-27-13-12-26(24-9-7-8-10-25(24)27)34-32(42)35-30-19-28(33(3,4)5)38-41(30)22-15-17-39(6)18-16-22/h7-11,14,19-22,26-27H,12-13,15-18H2,1-6H3,(H2,34,35,42)/t26-,27+/m0/s1. The number of urea groups is 1. The van der Waals surface area contributed by atoms with Gasteiger partial charge in [0.2, 0.25) is 0 Å². The highest BCUT2D eigenvalue weighted by Gasteiger charge is 2.31. The Morgan fingerprint density at radius 1 is 1.00 bits per heavy atom. The van der Waals surface area contributed by atoms with Gasteiger partial charge < -0.3 is 15.0 Å². The van der Waals surface area contributed by atoms with Gasteiger partial charge in [0.25, 0.3) is 0 Å². The van der Waals surface area contributed by atoms with Crippen LogP contribution in [0.15, 0.2) is 48.7 Å². The van der Waals surface area contributed by atoms with Gasteiger partial charge in [0.15, 0.2) is 5.65 Å². The molecule has 1 aliphatic heterocycles. The summed E-state index contributed by atoms with van der Waals surface area (Å²) in [7, 11) is 2.16. The first-order chi connectivity index (χ1) is 20.6. The van der Waals surface area contributed by atoms with Crippen molar-refractivity contribution in [1.82, 2.24) is 34.6 Å². The first-order valence-corrected chi connectivity index (χ1v) is 15.5. The predicted octanol–water partition coefficient (Wildman–Crippen LogP) is 6.39. The number of rotatable bonds is 6. The summed E-state index contributed by atoms with van der Waals surface area (Å²) in [6, 6.07) is 14.1. The number of carbonyl (C=O) groups is 1. The lowest BCUT2D eigenvalue weighted by Gasteiger charge is -2.32. The number of piperidine rings is 1. The van der Waals surface area contributed by atoms with Crippen LogP contribution in [0.25, 0.3) is 5.65 Å². The molecule has 6 rings (SSSR count). The fraction of sp³-hybridized carbons (Fsp3) is 0.515. The molecular formula is C33H44N8O2. The summed E-state index contributed by atoms with van der Waals surface area (Å²) in [5, 5.41) is 20.0. The molecule has 4 heterocycles. The Kier molecular flexibility index (Phi) is 7.89. The molecule has 4 aromatic rings. The zero-order valence-corrected chi connectivity index (χ0v) is 26.2. The third-order valence-electron chi connectivity index (χ3n) is 8.72. The van der Waals surface area contributed by atoms with Crippen LogP contribution in [0.1, 0.15) is 107 Å². The van der Waals surface area contributed by atoms with Crippen molar-refractivity contribution >= 4 is 17.5 Å². The van der Waals surface area contributed by atoms with Crippen LogP contribution in [0.5, 0.6) is 5.75 Å². The molecule has 1 aromatic carbocycles. The number of anilines is 1. The average molecular weight is 585 g/mol. The van der Waals surface area contributed by atoms with E-state index >= 15 is 0 Å². The second-order valence-electron chi connectivity index (χ2n) is 13.4. The van der Waals surface area contributed by atoms with Gasteiger partial charge in [-0.1, -0.05) is 58.9 Å². The van der Waals surface area contributed by atoms with Crippen molar-refractivity contribution in [1.29, 1.82) is 0 Å². The molecule has 10 nitrogen and oxygen atoms in total. The fourth-order valence-electron chi connectivity index (χ4n) is 6.22. The van der Waals surface area contributed by atoms with Gasteiger partial charge >= 0.3 is 6.03 Å². The van der Waals surface area contributed by atoms with Gasteiger partial charge in [-0.15, -0.1) is 10.2 Å². The minimum absolute atomic E-state index is 0.115. The number of nitrogens with one attached hydrogen (secondary N) is 2. The van der Waals surface area contributed by atoms with Gasteiger partial charge in [-0.2, -0.15) is 5.10 Å². The van der Waals surface area contributed by atoms with E-state index in [0.29, 0.717) is 0 Å². The van der Waals surface area contributed by atoms with Crippen molar-refractivity contribution in [3.63, 3.8) is 0 Å². The van der Waals surface area contributed by atoms with Crippen molar-refractivity contribution in [2.75, 3.05) is 25.5 Å². The number of ether oxygens (including phenoxy) is 1. The van der Waals surface area contributed by atoms with Gasteiger partial charge in [-0.05, 0) is 69.1 Å². The Balaban J connectivity index is 1.18. The molecule has 3 aromatic heterocycles. The third-order valence-corrected chi connectivity index (χ3v) is 8.72. The Morgan fingerprint density at radius 2 is 1.74 bits per heavy atom. The van der Waals surface area contributed by atoms with E-state index in [9.17, 15) is 4.79 Å². The number of amides is 2. The normalized spacial score (nSPS) is 19.9. The molecule has 2 amide bonds. The second-order valence-corrected chi connectivity index (χ2v) is 13.4. The van der Waals surface area contributed by atoms with E-state index < -0.39 is 0 Å². The molecule has 43 heavy (non-hydrogen) atoms. The van der Waals surface area contributed by atoms with Crippen LogP contribution in [0, 0.1) is 0 Å². The number of fused-ring (bicyclic) bond motifs is 2. The number of benzene rings is 1. The summed E-state index contributed by atoms with van der Waals surface area (Å²) in [4.78, 5) is 15.8. The summed E-state index contributed by atoms with van der Waals surface area (Å²) >= 11 is 0. The number of likely N-dealkylation sites (tertiary alicyclic amines) is 1. The summed E-state index contributed by atoms with van der Waals surface area (Å²) in [5.41, 5.74) is 3.85. The molecule has 0 unspecified atom stereocenters. The van der Waals surface area contributed by atoms with E-state index in [0.717, 1.165) is 78.6 Å². The zero-order chi connectivity index (χ0) is 30.3.